The molecule has 3 fully saturated rings. The molecule has 0 saturated heterocycles. The number of Topliss-reactive ketones (excluding diaryl/α,β-unsaturated/α-hetero) is 1. The topological polar surface area (TPSA) is 30.2 Å². The van der Waals surface area contributed by atoms with E-state index in [1.54, 1.807) is 6.26 Å². The summed E-state index contributed by atoms with van der Waals surface area (Å²) in [5, 5.41) is 0. The molecule has 0 bridgehead atoms. The van der Waals surface area contributed by atoms with Gasteiger partial charge < -0.3 is 4.42 Å². The van der Waals surface area contributed by atoms with Crippen molar-refractivity contribution in [1.29, 1.82) is 0 Å². The van der Waals surface area contributed by atoms with Gasteiger partial charge in [0.25, 0.3) is 0 Å². The van der Waals surface area contributed by atoms with Crippen molar-refractivity contribution in [3.05, 3.63) is 24.2 Å². The van der Waals surface area contributed by atoms with Gasteiger partial charge in [-0.25, -0.2) is 0 Å². The van der Waals surface area contributed by atoms with Gasteiger partial charge in [0.15, 0.2) is 5.76 Å². The molecule has 3 aliphatic carbocycles. The number of carbonyl (C=O) groups excluding carboxylic acids is 1. The minimum Gasteiger partial charge on any atom is -0.461 e. The summed E-state index contributed by atoms with van der Waals surface area (Å²) >= 11 is 0. The zero-order valence-electron chi connectivity index (χ0n) is 15.5. The molecule has 0 aromatic carbocycles. The Balaban J connectivity index is 1.55. The standard InChI is InChI=1S/C22H32O2/c1-4-16-7-8-17-13-21(3,14-18-9-10-22(17,18)12-16)15(2)20(23)19-6-5-11-24-19/h5-6,11,15-18H,4,7-10,12-14H2,1-3H3. The molecule has 1 spiro atoms. The van der Waals surface area contributed by atoms with Crippen LogP contribution in [0.25, 0.3) is 0 Å². The molecule has 0 aliphatic heterocycles. The first kappa shape index (κ1) is 16.4. The van der Waals surface area contributed by atoms with E-state index in [9.17, 15) is 4.79 Å². The van der Waals surface area contributed by atoms with Crippen LogP contribution in [0.5, 0.6) is 0 Å². The van der Waals surface area contributed by atoms with E-state index >= 15 is 0 Å². The van der Waals surface area contributed by atoms with Crippen molar-refractivity contribution in [2.45, 2.75) is 72.1 Å². The van der Waals surface area contributed by atoms with Crippen molar-refractivity contribution in [1.82, 2.24) is 0 Å². The second-order valence-corrected chi connectivity index (χ2v) is 9.35. The van der Waals surface area contributed by atoms with Crippen LogP contribution in [0.3, 0.4) is 0 Å². The highest BCUT2D eigenvalue weighted by molar-refractivity contribution is 5.95. The van der Waals surface area contributed by atoms with E-state index in [2.05, 4.69) is 20.8 Å². The molecule has 6 atom stereocenters. The number of rotatable bonds is 4. The molecule has 0 radical (unpaired) electrons. The molecule has 1 heterocycles. The summed E-state index contributed by atoms with van der Waals surface area (Å²) in [4.78, 5) is 12.9. The molecule has 24 heavy (non-hydrogen) atoms. The number of hydrogen-bond donors (Lipinski definition) is 0. The van der Waals surface area contributed by atoms with E-state index in [1.807, 2.05) is 12.1 Å². The highest BCUT2D eigenvalue weighted by Gasteiger charge is 2.60. The maximum atomic E-state index is 12.9. The van der Waals surface area contributed by atoms with Gasteiger partial charge in [0.05, 0.1) is 6.26 Å². The normalized spacial score (nSPS) is 42.5. The first-order valence-corrected chi connectivity index (χ1v) is 10.1. The lowest BCUT2D eigenvalue weighted by atomic mass is 9.39. The minimum atomic E-state index is 0.0612. The lowest BCUT2D eigenvalue weighted by molar-refractivity contribution is -0.155. The lowest BCUT2D eigenvalue weighted by Gasteiger charge is -2.65. The summed E-state index contributed by atoms with van der Waals surface area (Å²) in [6, 6.07) is 3.65. The Morgan fingerprint density at radius 3 is 2.58 bits per heavy atom. The molecule has 0 amide bonds. The van der Waals surface area contributed by atoms with Crippen molar-refractivity contribution in [2.24, 2.45) is 34.5 Å². The van der Waals surface area contributed by atoms with Crippen LogP contribution in [0.15, 0.2) is 22.8 Å². The van der Waals surface area contributed by atoms with Crippen LogP contribution in [-0.2, 0) is 0 Å². The fraction of sp³-hybridized carbons (Fsp3) is 0.773. The van der Waals surface area contributed by atoms with Crippen molar-refractivity contribution in [3.8, 4) is 0 Å². The second-order valence-electron chi connectivity index (χ2n) is 9.35. The van der Waals surface area contributed by atoms with Crippen LogP contribution in [0, 0.1) is 34.5 Å². The summed E-state index contributed by atoms with van der Waals surface area (Å²) in [5.74, 6) is 3.48. The molecule has 1 aromatic heterocycles. The van der Waals surface area contributed by atoms with Gasteiger partial charge in [-0.05, 0) is 79.2 Å². The van der Waals surface area contributed by atoms with Crippen LogP contribution < -0.4 is 0 Å². The highest BCUT2D eigenvalue weighted by Crippen LogP contribution is 2.69. The number of hydrogen-bond acceptors (Lipinski definition) is 2. The van der Waals surface area contributed by atoms with Crippen LogP contribution in [0.2, 0.25) is 0 Å². The van der Waals surface area contributed by atoms with Crippen LogP contribution in [0.4, 0.5) is 0 Å². The largest absolute Gasteiger partial charge is 0.461 e. The average Bonchev–Trinajstić information content (AvgIpc) is 3.11. The van der Waals surface area contributed by atoms with Gasteiger partial charge in [-0.2, -0.15) is 0 Å². The number of ketones is 1. The molecule has 3 aliphatic rings. The fourth-order valence-electron chi connectivity index (χ4n) is 6.53. The third-order valence-corrected chi connectivity index (χ3v) is 8.38. The van der Waals surface area contributed by atoms with Crippen molar-refractivity contribution in [2.75, 3.05) is 0 Å². The fourth-order valence-corrected chi connectivity index (χ4v) is 6.53. The van der Waals surface area contributed by atoms with E-state index in [0.717, 1.165) is 17.8 Å². The number of furan rings is 1. The van der Waals surface area contributed by atoms with Gasteiger partial charge in [0, 0.05) is 5.92 Å². The van der Waals surface area contributed by atoms with E-state index in [1.165, 1.54) is 51.4 Å². The van der Waals surface area contributed by atoms with Gasteiger partial charge in [0.2, 0.25) is 5.78 Å². The first-order valence-electron chi connectivity index (χ1n) is 10.1. The summed E-state index contributed by atoms with van der Waals surface area (Å²) in [5.41, 5.74) is 0.786. The van der Waals surface area contributed by atoms with Crippen molar-refractivity contribution < 1.29 is 9.21 Å². The second kappa shape index (κ2) is 5.75. The molecule has 4 rings (SSSR count). The van der Waals surface area contributed by atoms with Gasteiger partial charge in [0.1, 0.15) is 0 Å². The molecule has 6 unspecified atom stereocenters. The Morgan fingerprint density at radius 2 is 2.00 bits per heavy atom. The van der Waals surface area contributed by atoms with E-state index < -0.39 is 0 Å². The predicted octanol–water partition coefficient (Wildman–Crippen LogP) is 6.12. The Bertz CT molecular complexity index is 603. The Labute approximate surface area is 146 Å². The predicted molar refractivity (Wildman–Crippen MR) is 95.8 cm³/mol. The summed E-state index contributed by atoms with van der Waals surface area (Å²) in [6.45, 7) is 6.90. The molecule has 132 valence electrons. The van der Waals surface area contributed by atoms with E-state index in [-0.39, 0.29) is 17.1 Å². The molecule has 0 N–H and O–H groups in total. The molecule has 2 heteroatoms. The Kier molecular flexibility index (Phi) is 3.93. The van der Waals surface area contributed by atoms with E-state index in [0.29, 0.717) is 11.2 Å². The first-order chi connectivity index (χ1) is 11.5. The summed E-state index contributed by atoms with van der Waals surface area (Å²) in [6.07, 6.45) is 12.6. The highest BCUT2D eigenvalue weighted by atomic mass is 16.3. The molecule has 3 saturated carbocycles. The van der Waals surface area contributed by atoms with Gasteiger partial charge in [-0.1, -0.05) is 33.6 Å². The lowest BCUT2D eigenvalue weighted by Crippen LogP contribution is -2.57. The quantitative estimate of drug-likeness (QED) is 0.623. The molecular formula is C22H32O2. The summed E-state index contributed by atoms with van der Waals surface area (Å²) < 4.78 is 5.40. The molecular weight excluding hydrogens is 296 g/mol. The molecule has 2 nitrogen and oxygen atoms in total. The molecule has 1 aromatic rings. The van der Waals surface area contributed by atoms with Crippen LogP contribution in [0.1, 0.15) is 82.7 Å². The van der Waals surface area contributed by atoms with E-state index in [4.69, 9.17) is 4.42 Å². The third-order valence-electron chi connectivity index (χ3n) is 8.38. The third kappa shape index (κ3) is 2.32. The smallest absolute Gasteiger partial charge is 0.201 e. The van der Waals surface area contributed by atoms with Crippen LogP contribution in [-0.4, -0.2) is 5.78 Å². The van der Waals surface area contributed by atoms with Crippen molar-refractivity contribution in [3.63, 3.8) is 0 Å². The van der Waals surface area contributed by atoms with Crippen LogP contribution >= 0.6 is 0 Å². The van der Waals surface area contributed by atoms with Crippen molar-refractivity contribution >= 4 is 5.78 Å². The summed E-state index contributed by atoms with van der Waals surface area (Å²) in [7, 11) is 0. The average molecular weight is 328 g/mol. The Morgan fingerprint density at radius 1 is 1.25 bits per heavy atom. The maximum Gasteiger partial charge on any atom is 0.201 e. The SMILES string of the molecule is CCC1CCC2CC(C)(C(C)C(=O)c3ccco3)CC3CCC23C1. The van der Waals surface area contributed by atoms with Gasteiger partial charge in [-0.15, -0.1) is 0 Å². The Hall–Kier alpha value is -1.05. The maximum absolute atomic E-state index is 12.9. The monoisotopic (exact) mass is 328 g/mol. The number of carbonyl (C=O) groups is 1. The minimum absolute atomic E-state index is 0.0612. The zero-order chi connectivity index (χ0) is 16.9. The zero-order valence-corrected chi connectivity index (χ0v) is 15.5. The van der Waals surface area contributed by atoms with Gasteiger partial charge >= 0.3 is 0 Å². The van der Waals surface area contributed by atoms with Gasteiger partial charge in [-0.3, -0.25) is 4.79 Å².